The SMILES string of the molecule is O=C1CCCN1c1ccc(-c2csc(NCC(F)(F)F)n2)cc1. The molecule has 2 heterocycles. The molecule has 0 spiro atoms. The Kier molecular flexibility index (Phi) is 4.25. The summed E-state index contributed by atoms with van der Waals surface area (Å²) in [6.45, 7) is -0.379. The number of nitrogens with one attached hydrogen (secondary N) is 1. The first-order valence-electron chi connectivity index (χ1n) is 7.09. The third kappa shape index (κ3) is 3.82. The van der Waals surface area contributed by atoms with Crippen molar-refractivity contribution in [2.75, 3.05) is 23.3 Å². The van der Waals surface area contributed by atoms with Gasteiger partial charge in [-0.25, -0.2) is 4.98 Å². The molecular formula is C15H14F3N3OS. The zero-order valence-electron chi connectivity index (χ0n) is 12.1. The summed E-state index contributed by atoms with van der Waals surface area (Å²) >= 11 is 1.13. The number of rotatable bonds is 4. The van der Waals surface area contributed by atoms with Gasteiger partial charge in [-0.2, -0.15) is 13.2 Å². The number of carbonyl (C=O) groups excluding carboxylic acids is 1. The fourth-order valence-corrected chi connectivity index (χ4v) is 3.12. The van der Waals surface area contributed by atoms with Crippen molar-refractivity contribution in [3.63, 3.8) is 0 Å². The van der Waals surface area contributed by atoms with Crippen LogP contribution in [0.4, 0.5) is 24.0 Å². The Balaban J connectivity index is 1.70. The minimum Gasteiger partial charge on any atom is -0.352 e. The molecule has 4 nitrogen and oxygen atoms in total. The van der Waals surface area contributed by atoms with Crippen LogP contribution >= 0.6 is 11.3 Å². The van der Waals surface area contributed by atoms with E-state index in [0.717, 1.165) is 35.6 Å². The topological polar surface area (TPSA) is 45.2 Å². The number of carbonyl (C=O) groups is 1. The normalized spacial score (nSPS) is 15.3. The Morgan fingerprint density at radius 3 is 2.61 bits per heavy atom. The monoisotopic (exact) mass is 341 g/mol. The summed E-state index contributed by atoms with van der Waals surface area (Å²) in [6, 6.07) is 7.31. The Morgan fingerprint density at radius 1 is 1.26 bits per heavy atom. The van der Waals surface area contributed by atoms with Gasteiger partial charge in [-0.15, -0.1) is 11.3 Å². The van der Waals surface area contributed by atoms with Crippen LogP contribution in [0.3, 0.4) is 0 Å². The number of amides is 1. The molecule has 2 aromatic rings. The first-order valence-corrected chi connectivity index (χ1v) is 7.97. The molecule has 0 atom stereocenters. The third-order valence-electron chi connectivity index (χ3n) is 3.49. The molecule has 0 aliphatic carbocycles. The third-order valence-corrected chi connectivity index (χ3v) is 4.29. The summed E-state index contributed by atoms with van der Waals surface area (Å²) < 4.78 is 36.5. The number of hydrogen-bond acceptors (Lipinski definition) is 4. The molecule has 0 radical (unpaired) electrons. The number of benzene rings is 1. The number of nitrogens with zero attached hydrogens (tertiary/aromatic N) is 2. The summed E-state index contributed by atoms with van der Waals surface area (Å²) in [7, 11) is 0. The van der Waals surface area contributed by atoms with E-state index in [0.29, 0.717) is 12.1 Å². The van der Waals surface area contributed by atoms with Crippen LogP contribution in [-0.2, 0) is 4.79 Å². The molecule has 1 amide bonds. The van der Waals surface area contributed by atoms with Crippen molar-refractivity contribution in [2.24, 2.45) is 0 Å². The highest BCUT2D eigenvalue weighted by atomic mass is 32.1. The Hall–Kier alpha value is -2.09. The second-order valence-electron chi connectivity index (χ2n) is 5.20. The molecule has 1 N–H and O–H groups in total. The maximum absolute atomic E-state index is 12.2. The number of hydrogen-bond donors (Lipinski definition) is 1. The van der Waals surface area contributed by atoms with Gasteiger partial charge in [0.25, 0.3) is 0 Å². The lowest BCUT2D eigenvalue weighted by Crippen LogP contribution is -2.23. The minimum atomic E-state index is -4.27. The fourth-order valence-electron chi connectivity index (χ4n) is 2.40. The van der Waals surface area contributed by atoms with E-state index in [9.17, 15) is 18.0 Å². The first kappa shape index (κ1) is 15.8. The van der Waals surface area contributed by atoms with Crippen molar-refractivity contribution in [2.45, 2.75) is 19.0 Å². The van der Waals surface area contributed by atoms with Crippen molar-refractivity contribution in [3.05, 3.63) is 29.6 Å². The van der Waals surface area contributed by atoms with Gasteiger partial charge in [-0.05, 0) is 18.6 Å². The van der Waals surface area contributed by atoms with E-state index in [2.05, 4.69) is 10.3 Å². The van der Waals surface area contributed by atoms with E-state index >= 15 is 0 Å². The summed E-state index contributed by atoms with van der Waals surface area (Å²) in [5, 5.41) is 4.20. The van der Waals surface area contributed by atoms with Crippen molar-refractivity contribution in [1.29, 1.82) is 0 Å². The first-order chi connectivity index (χ1) is 10.9. The summed E-state index contributed by atoms with van der Waals surface area (Å²) in [5.41, 5.74) is 2.25. The van der Waals surface area contributed by atoms with Gasteiger partial charge in [-0.1, -0.05) is 12.1 Å². The summed E-state index contributed by atoms with van der Waals surface area (Å²) in [5.74, 6) is 0.116. The Labute approximate surface area is 135 Å². The lowest BCUT2D eigenvalue weighted by molar-refractivity contribution is -0.117. The lowest BCUT2D eigenvalue weighted by atomic mass is 10.1. The predicted octanol–water partition coefficient (Wildman–Crippen LogP) is 3.91. The summed E-state index contributed by atoms with van der Waals surface area (Å²) in [6.07, 6.45) is -2.83. The van der Waals surface area contributed by atoms with Crippen molar-refractivity contribution in [1.82, 2.24) is 4.98 Å². The van der Waals surface area contributed by atoms with Crippen LogP contribution in [0.25, 0.3) is 11.3 Å². The highest BCUT2D eigenvalue weighted by Gasteiger charge is 2.27. The number of alkyl halides is 3. The molecule has 8 heteroatoms. The maximum Gasteiger partial charge on any atom is 0.405 e. The Morgan fingerprint density at radius 2 is 2.00 bits per heavy atom. The van der Waals surface area contributed by atoms with Crippen LogP contribution in [0.2, 0.25) is 0 Å². The molecule has 23 heavy (non-hydrogen) atoms. The van der Waals surface area contributed by atoms with Crippen LogP contribution in [-0.4, -0.2) is 30.2 Å². The van der Waals surface area contributed by atoms with Crippen molar-refractivity contribution < 1.29 is 18.0 Å². The minimum absolute atomic E-state index is 0.116. The zero-order valence-corrected chi connectivity index (χ0v) is 12.9. The van der Waals surface area contributed by atoms with E-state index in [-0.39, 0.29) is 11.0 Å². The highest BCUT2D eigenvalue weighted by molar-refractivity contribution is 7.14. The quantitative estimate of drug-likeness (QED) is 0.917. The summed E-state index contributed by atoms with van der Waals surface area (Å²) in [4.78, 5) is 17.6. The molecule has 3 rings (SSSR count). The number of aromatic nitrogens is 1. The lowest BCUT2D eigenvalue weighted by Gasteiger charge is -2.15. The van der Waals surface area contributed by atoms with E-state index in [1.807, 2.05) is 24.3 Å². The molecule has 122 valence electrons. The molecule has 1 aromatic heterocycles. The van der Waals surface area contributed by atoms with Crippen LogP contribution in [0, 0.1) is 0 Å². The average molecular weight is 341 g/mol. The van der Waals surface area contributed by atoms with Gasteiger partial charge in [-0.3, -0.25) is 4.79 Å². The molecule has 0 bridgehead atoms. The van der Waals surface area contributed by atoms with Crippen molar-refractivity contribution in [3.8, 4) is 11.3 Å². The van der Waals surface area contributed by atoms with Crippen LogP contribution in [0.1, 0.15) is 12.8 Å². The number of halogens is 3. The highest BCUT2D eigenvalue weighted by Crippen LogP contribution is 2.28. The second kappa shape index (κ2) is 6.19. The second-order valence-corrected chi connectivity index (χ2v) is 6.06. The van der Waals surface area contributed by atoms with Gasteiger partial charge in [0.1, 0.15) is 6.54 Å². The molecule has 0 unspecified atom stereocenters. The van der Waals surface area contributed by atoms with E-state index in [1.54, 1.807) is 10.3 Å². The van der Waals surface area contributed by atoms with Crippen LogP contribution in [0.15, 0.2) is 29.6 Å². The standard InChI is InChI=1S/C15H14F3N3OS/c16-15(17,18)9-19-14-20-12(8-23-14)10-3-5-11(6-4-10)21-7-1-2-13(21)22/h3-6,8H,1-2,7,9H2,(H,19,20). The molecule has 0 saturated carbocycles. The van der Waals surface area contributed by atoms with Gasteiger partial charge < -0.3 is 10.2 Å². The van der Waals surface area contributed by atoms with Crippen LogP contribution in [0.5, 0.6) is 0 Å². The zero-order chi connectivity index (χ0) is 16.4. The largest absolute Gasteiger partial charge is 0.405 e. The molecule has 1 fully saturated rings. The maximum atomic E-state index is 12.2. The van der Waals surface area contributed by atoms with Gasteiger partial charge >= 0.3 is 6.18 Å². The fraction of sp³-hybridized carbons (Fsp3) is 0.333. The van der Waals surface area contributed by atoms with Crippen LogP contribution < -0.4 is 10.2 Å². The van der Waals surface area contributed by atoms with E-state index < -0.39 is 12.7 Å². The molecule has 1 aliphatic rings. The predicted molar refractivity (Wildman–Crippen MR) is 83.7 cm³/mol. The van der Waals surface area contributed by atoms with E-state index in [4.69, 9.17) is 0 Å². The molecule has 1 saturated heterocycles. The van der Waals surface area contributed by atoms with Gasteiger partial charge in [0.2, 0.25) is 5.91 Å². The molecule has 1 aromatic carbocycles. The smallest absolute Gasteiger partial charge is 0.352 e. The number of anilines is 2. The Bertz CT molecular complexity index is 697. The van der Waals surface area contributed by atoms with Crippen molar-refractivity contribution >= 4 is 28.1 Å². The van der Waals surface area contributed by atoms with Gasteiger partial charge in [0.05, 0.1) is 5.69 Å². The number of thiazole rings is 1. The molecular weight excluding hydrogens is 327 g/mol. The average Bonchev–Trinajstić information content (AvgIpc) is 3.13. The molecule has 1 aliphatic heterocycles. The van der Waals surface area contributed by atoms with Gasteiger partial charge in [0, 0.05) is 29.6 Å². The van der Waals surface area contributed by atoms with E-state index in [1.165, 1.54) is 0 Å². The van der Waals surface area contributed by atoms with Gasteiger partial charge in [0.15, 0.2) is 5.13 Å².